The summed E-state index contributed by atoms with van der Waals surface area (Å²) in [6.07, 6.45) is 11.0. The summed E-state index contributed by atoms with van der Waals surface area (Å²) in [4.78, 5) is 31.1. The van der Waals surface area contributed by atoms with Gasteiger partial charge in [0.15, 0.2) is 5.13 Å². The number of carboxylic acid groups (broad SMARTS) is 1. The Balaban J connectivity index is 2.28. The summed E-state index contributed by atoms with van der Waals surface area (Å²) in [5.41, 5.74) is 1.66. The second-order valence-electron chi connectivity index (χ2n) is 6.76. The van der Waals surface area contributed by atoms with Crippen LogP contribution in [0.5, 0.6) is 0 Å². The minimum Gasteiger partial charge on any atom is -0.477 e. The predicted molar refractivity (Wildman–Crippen MR) is 122 cm³/mol. The summed E-state index contributed by atoms with van der Waals surface area (Å²) in [6, 6.07) is 9.59. The Bertz CT molecular complexity index is 1260. The fourth-order valence-corrected chi connectivity index (χ4v) is 4.03. The van der Waals surface area contributed by atoms with Crippen molar-refractivity contribution >= 4 is 38.4 Å². The molecule has 0 unspecified atom stereocenters. The molecule has 0 amide bonds. The largest absolute Gasteiger partial charge is 0.477 e. The number of allylic oxidation sites excluding steroid dienone is 4. The highest BCUT2D eigenvalue weighted by atomic mass is 32.1. The van der Waals surface area contributed by atoms with Crippen molar-refractivity contribution in [1.29, 1.82) is 0 Å². The zero-order valence-electron chi connectivity index (χ0n) is 16.9. The van der Waals surface area contributed by atoms with Crippen molar-refractivity contribution in [3.8, 4) is 12.3 Å². The van der Waals surface area contributed by atoms with Gasteiger partial charge >= 0.3 is 5.97 Å². The quantitative estimate of drug-likeness (QED) is 0.485. The number of carbonyl (C=O) groups is 1. The predicted octanol–water partition coefficient (Wildman–Crippen LogP) is 3.89. The number of hydrogen-bond acceptors (Lipinski definition) is 5. The maximum Gasteiger partial charge on any atom is 0.341 e. The summed E-state index contributed by atoms with van der Waals surface area (Å²) >= 11 is 1.33. The van der Waals surface area contributed by atoms with Crippen molar-refractivity contribution in [2.45, 2.75) is 13.5 Å². The van der Waals surface area contributed by atoms with Gasteiger partial charge in [0.2, 0.25) is 5.43 Å². The van der Waals surface area contributed by atoms with Crippen molar-refractivity contribution in [2.75, 3.05) is 19.0 Å². The third kappa shape index (κ3) is 4.04. The lowest BCUT2D eigenvalue weighted by atomic mass is 10.00. The maximum atomic E-state index is 12.7. The molecule has 0 saturated carbocycles. The second kappa shape index (κ2) is 8.80. The Kier molecular flexibility index (Phi) is 6.19. The van der Waals surface area contributed by atoms with Crippen LogP contribution in [0, 0.1) is 12.3 Å². The molecular weight excluding hydrogens is 398 g/mol. The monoisotopic (exact) mass is 419 g/mol. The molecule has 7 heteroatoms. The van der Waals surface area contributed by atoms with Gasteiger partial charge in [-0.05, 0) is 18.1 Å². The number of aromatic nitrogens is 2. The summed E-state index contributed by atoms with van der Waals surface area (Å²) in [5.74, 6) is 1.47. The number of thiazole rings is 1. The standard InChI is InChI=1S/C23H21N3O3S/c1-5-10-16(17(6-2)15-11-8-7-9-12-15)13-26-14-18(22(28)29)20(27)19-21(26)30-23(24-19)25(3)4/h2,5,7-12,14H,13H2,1,3-4H3,(H,28,29). The third-order valence-corrected chi connectivity index (χ3v) is 5.71. The molecule has 1 aromatic carbocycles. The van der Waals surface area contributed by atoms with Crippen molar-refractivity contribution in [2.24, 2.45) is 0 Å². The number of aromatic carboxylic acids is 1. The first kappa shape index (κ1) is 21.1. The number of benzene rings is 1. The van der Waals surface area contributed by atoms with Gasteiger partial charge in [-0.1, -0.05) is 59.7 Å². The number of pyridine rings is 1. The van der Waals surface area contributed by atoms with Gasteiger partial charge in [0.25, 0.3) is 0 Å². The molecule has 152 valence electrons. The number of anilines is 1. The van der Waals surface area contributed by atoms with Gasteiger partial charge in [-0.2, -0.15) is 0 Å². The zero-order valence-corrected chi connectivity index (χ0v) is 17.7. The summed E-state index contributed by atoms with van der Waals surface area (Å²) in [5, 5.41) is 10.2. The Hall–Kier alpha value is -3.63. The van der Waals surface area contributed by atoms with Crippen LogP contribution >= 0.6 is 11.3 Å². The molecular formula is C23H21N3O3S. The molecule has 0 atom stereocenters. The van der Waals surface area contributed by atoms with Crippen LogP contribution in [0.25, 0.3) is 15.9 Å². The average Bonchev–Trinajstić information content (AvgIpc) is 3.18. The number of fused-ring (bicyclic) bond motifs is 1. The summed E-state index contributed by atoms with van der Waals surface area (Å²) in [7, 11) is 3.64. The van der Waals surface area contributed by atoms with E-state index in [1.165, 1.54) is 17.5 Å². The van der Waals surface area contributed by atoms with E-state index in [9.17, 15) is 14.7 Å². The highest BCUT2D eigenvalue weighted by Gasteiger charge is 2.20. The molecule has 0 aliphatic rings. The molecule has 0 bridgehead atoms. The number of terminal acetylenes is 1. The van der Waals surface area contributed by atoms with E-state index < -0.39 is 11.4 Å². The molecule has 0 spiro atoms. The first-order valence-corrected chi connectivity index (χ1v) is 10.0. The minimum absolute atomic E-state index is 0.144. The Labute approximate surface area is 178 Å². The smallest absolute Gasteiger partial charge is 0.341 e. The van der Waals surface area contributed by atoms with Gasteiger partial charge in [0.1, 0.15) is 15.9 Å². The zero-order chi connectivity index (χ0) is 21.8. The molecule has 3 rings (SSSR count). The van der Waals surface area contributed by atoms with Crippen LogP contribution < -0.4 is 10.3 Å². The summed E-state index contributed by atoms with van der Waals surface area (Å²) < 4.78 is 1.74. The molecule has 0 aliphatic heterocycles. The normalized spacial score (nSPS) is 12.1. The summed E-state index contributed by atoms with van der Waals surface area (Å²) in [6.45, 7) is 2.19. The Morgan fingerprint density at radius 3 is 2.60 bits per heavy atom. The van der Waals surface area contributed by atoms with Gasteiger partial charge in [0, 0.05) is 32.4 Å². The molecule has 0 fully saturated rings. The van der Waals surface area contributed by atoms with Crippen LogP contribution in [0.15, 0.2) is 59.0 Å². The first-order chi connectivity index (χ1) is 14.4. The van der Waals surface area contributed by atoms with E-state index in [1.54, 1.807) is 9.47 Å². The van der Waals surface area contributed by atoms with E-state index >= 15 is 0 Å². The van der Waals surface area contributed by atoms with Crippen molar-refractivity contribution in [3.05, 3.63) is 75.6 Å². The van der Waals surface area contributed by atoms with Gasteiger partial charge in [0.05, 0.1) is 0 Å². The molecule has 1 N–H and O–H groups in total. The molecule has 3 aromatic rings. The van der Waals surface area contributed by atoms with Crippen LogP contribution in [0.2, 0.25) is 0 Å². The molecule has 0 saturated heterocycles. The number of nitrogens with zero attached hydrogens (tertiary/aromatic N) is 3. The lowest BCUT2D eigenvalue weighted by molar-refractivity contribution is 0.0695. The SMILES string of the molecule is C#CC(=C(C=CC)Cn1cc(C(=O)O)c(=O)c2nc(N(C)C)sc21)c1ccccc1. The lowest BCUT2D eigenvalue weighted by Gasteiger charge is -2.13. The second-order valence-corrected chi connectivity index (χ2v) is 7.72. The third-order valence-electron chi connectivity index (χ3n) is 4.45. The van der Waals surface area contributed by atoms with Crippen LogP contribution in [0.3, 0.4) is 0 Å². The highest BCUT2D eigenvalue weighted by Crippen LogP contribution is 2.28. The Morgan fingerprint density at radius 1 is 1.33 bits per heavy atom. The molecule has 2 heterocycles. The lowest BCUT2D eigenvalue weighted by Crippen LogP contribution is -2.19. The van der Waals surface area contributed by atoms with E-state index in [0.717, 1.165) is 11.1 Å². The van der Waals surface area contributed by atoms with Gasteiger partial charge < -0.3 is 14.6 Å². The molecule has 0 aliphatic carbocycles. The molecule has 30 heavy (non-hydrogen) atoms. The van der Waals surface area contributed by atoms with Gasteiger partial charge in [-0.3, -0.25) is 4.79 Å². The van der Waals surface area contributed by atoms with Crippen LogP contribution in [0.4, 0.5) is 5.13 Å². The molecule has 6 nitrogen and oxygen atoms in total. The Morgan fingerprint density at radius 2 is 2.03 bits per heavy atom. The van der Waals surface area contributed by atoms with Crippen molar-refractivity contribution < 1.29 is 9.90 Å². The van der Waals surface area contributed by atoms with Crippen LogP contribution in [-0.2, 0) is 6.54 Å². The fourth-order valence-electron chi connectivity index (χ4n) is 3.07. The average molecular weight is 420 g/mol. The van der Waals surface area contributed by atoms with Gasteiger partial charge in [-0.25, -0.2) is 9.78 Å². The first-order valence-electron chi connectivity index (χ1n) is 9.19. The van der Waals surface area contributed by atoms with E-state index in [-0.39, 0.29) is 11.1 Å². The van der Waals surface area contributed by atoms with E-state index in [1.807, 2.05) is 63.5 Å². The topological polar surface area (TPSA) is 75.4 Å². The van der Waals surface area contributed by atoms with E-state index in [0.29, 0.717) is 22.1 Å². The van der Waals surface area contributed by atoms with E-state index in [4.69, 9.17) is 6.42 Å². The van der Waals surface area contributed by atoms with Gasteiger partial charge in [-0.15, -0.1) is 6.42 Å². The number of hydrogen-bond donors (Lipinski definition) is 1. The fraction of sp³-hybridized carbons (Fsp3) is 0.174. The number of carboxylic acids is 1. The van der Waals surface area contributed by atoms with Crippen LogP contribution in [-0.4, -0.2) is 34.7 Å². The van der Waals surface area contributed by atoms with Crippen molar-refractivity contribution in [1.82, 2.24) is 9.55 Å². The van der Waals surface area contributed by atoms with Crippen LogP contribution in [0.1, 0.15) is 22.8 Å². The highest BCUT2D eigenvalue weighted by molar-refractivity contribution is 7.21. The van der Waals surface area contributed by atoms with E-state index in [2.05, 4.69) is 10.9 Å². The number of rotatable bonds is 6. The minimum atomic E-state index is -1.29. The maximum absolute atomic E-state index is 12.7. The molecule has 2 aromatic heterocycles. The molecule has 0 radical (unpaired) electrons. The van der Waals surface area contributed by atoms with Crippen molar-refractivity contribution in [3.63, 3.8) is 0 Å².